The number of rotatable bonds is 7. The Kier molecular flexibility index (Phi) is 5.85. The molecule has 0 radical (unpaired) electrons. The molecule has 0 fully saturated rings. The van der Waals surface area contributed by atoms with E-state index in [1.807, 2.05) is 30.3 Å². The summed E-state index contributed by atoms with van der Waals surface area (Å²) >= 11 is 0. The third-order valence-electron chi connectivity index (χ3n) is 5.62. The molecular weight excluding hydrogens is 446 g/mol. The van der Waals surface area contributed by atoms with E-state index in [9.17, 15) is 4.79 Å². The highest BCUT2D eigenvalue weighted by atomic mass is 16.5. The zero-order chi connectivity index (χ0) is 24.4. The van der Waals surface area contributed by atoms with Crippen molar-refractivity contribution in [2.24, 2.45) is 0 Å². The molecule has 2 N–H and O–H groups in total. The van der Waals surface area contributed by atoms with Crippen molar-refractivity contribution < 1.29 is 23.7 Å². The molecule has 176 valence electrons. The largest absolute Gasteiger partial charge is 0.497 e. The minimum atomic E-state index is -0.241. The maximum Gasteiger partial charge on any atom is 0.272 e. The van der Waals surface area contributed by atoms with Crippen molar-refractivity contribution in [3.05, 3.63) is 78.6 Å². The second kappa shape index (κ2) is 9.26. The third kappa shape index (κ3) is 4.41. The molecule has 5 aromatic rings. The minimum Gasteiger partial charge on any atom is -0.497 e. The number of H-pyrrole nitrogens is 1. The van der Waals surface area contributed by atoms with E-state index in [-0.39, 0.29) is 5.91 Å². The normalized spacial score (nSPS) is 10.8. The van der Waals surface area contributed by atoms with Crippen molar-refractivity contribution in [1.82, 2.24) is 9.97 Å². The van der Waals surface area contributed by atoms with E-state index in [4.69, 9.17) is 18.9 Å². The van der Waals surface area contributed by atoms with Crippen molar-refractivity contribution in [3.63, 3.8) is 0 Å². The summed E-state index contributed by atoms with van der Waals surface area (Å²) in [4.78, 5) is 20.3. The first kappa shape index (κ1) is 22.1. The summed E-state index contributed by atoms with van der Waals surface area (Å²) in [7, 11) is 4.77. The van der Waals surface area contributed by atoms with Crippen LogP contribution >= 0.6 is 0 Å². The molecule has 2 aromatic heterocycles. The number of hydrogen-bond donors (Lipinski definition) is 2. The van der Waals surface area contributed by atoms with E-state index in [0.717, 1.165) is 27.6 Å². The lowest BCUT2D eigenvalue weighted by atomic mass is 10.1. The summed E-state index contributed by atoms with van der Waals surface area (Å²) in [5, 5.41) is 4.52. The molecule has 0 spiro atoms. The average molecular weight is 469 g/mol. The van der Waals surface area contributed by atoms with Crippen molar-refractivity contribution in [1.29, 1.82) is 0 Å². The second-order valence-corrected chi connectivity index (χ2v) is 7.75. The van der Waals surface area contributed by atoms with Gasteiger partial charge in [-0.2, -0.15) is 0 Å². The number of methoxy groups -OCH3 is 3. The monoisotopic (exact) mass is 469 g/mol. The topological polar surface area (TPSA) is 94.7 Å². The second-order valence-electron chi connectivity index (χ2n) is 7.75. The van der Waals surface area contributed by atoms with Gasteiger partial charge in [0, 0.05) is 34.2 Å². The van der Waals surface area contributed by atoms with Crippen molar-refractivity contribution in [3.8, 4) is 28.7 Å². The van der Waals surface area contributed by atoms with E-state index < -0.39 is 0 Å². The smallest absolute Gasteiger partial charge is 0.272 e. The van der Waals surface area contributed by atoms with Gasteiger partial charge in [-0.05, 0) is 60.7 Å². The predicted molar refractivity (Wildman–Crippen MR) is 134 cm³/mol. The third-order valence-corrected chi connectivity index (χ3v) is 5.62. The van der Waals surface area contributed by atoms with Crippen molar-refractivity contribution in [2.45, 2.75) is 0 Å². The zero-order valence-electron chi connectivity index (χ0n) is 19.4. The van der Waals surface area contributed by atoms with Crippen LogP contribution in [-0.2, 0) is 0 Å². The van der Waals surface area contributed by atoms with Crippen LogP contribution in [0.15, 0.2) is 72.9 Å². The van der Waals surface area contributed by atoms with Gasteiger partial charge in [0.2, 0.25) is 0 Å². The van der Waals surface area contributed by atoms with Crippen LogP contribution in [0.1, 0.15) is 10.5 Å². The predicted octanol–water partition coefficient (Wildman–Crippen LogP) is 5.79. The highest BCUT2D eigenvalue weighted by molar-refractivity contribution is 6.06. The molecule has 5 rings (SSSR count). The molecule has 0 aliphatic carbocycles. The Balaban J connectivity index is 1.40. The molecule has 0 bridgehead atoms. The maximum atomic E-state index is 12.7. The minimum absolute atomic E-state index is 0.241. The number of amides is 1. The van der Waals surface area contributed by atoms with Gasteiger partial charge in [0.15, 0.2) is 11.5 Å². The highest BCUT2D eigenvalue weighted by Crippen LogP contribution is 2.37. The van der Waals surface area contributed by atoms with E-state index in [0.29, 0.717) is 34.4 Å². The van der Waals surface area contributed by atoms with Crippen LogP contribution in [0, 0.1) is 0 Å². The number of anilines is 1. The highest BCUT2D eigenvalue weighted by Gasteiger charge is 2.13. The van der Waals surface area contributed by atoms with E-state index in [1.54, 1.807) is 63.9 Å². The Labute approximate surface area is 201 Å². The number of hydrogen-bond acceptors (Lipinski definition) is 6. The van der Waals surface area contributed by atoms with Crippen molar-refractivity contribution in [2.75, 3.05) is 26.6 Å². The number of aromatic amines is 1. The standard InChI is InChI=1S/C27H23N3O5/c1-32-18-6-4-17(5-7-18)29-27(31)23-13-16-12-19(8-9-21(16)30-23)35-24-10-11-28-22-15-26(34-3)25(33-2)14-20(22)24/h4-15,30H,1-3H3,(H,29,31). The van der Waals surface area contributed by atoms with Gasteiger partial charge in [-0.15, -0.1) is 0 Å². The molecule has 0 atom stereocenters. The van der Waals surface area contributed by atoms with Gasteiger partial charge in [0.25, 0.3) is 5.91 Å². The number of fused-ring (bicyclic) bond motifs is 2. The fraction of sp³-hybridized carbons (Fsp3) is 0.111. The Morgan fingerprint density at radius 3 is 2.29 bits per heavy atom. The van der Waals surface area contributed by atoms with Gasteiger partial charge in [0.05, 0.1) is 26.8 Å². The molecule has 8 heteroatoms. The number of nitrogens with one attached hydrogen (secondary N) is 2. The number of benzene rings is 3. The maximum absolute atomic E-state index is 12.7. The Morgan fingerprint density at radius 2 is 1.54 bits per heavy atom. The van der Waals surface area contributed by atoms with Gasteiger partial charge >= 0.3 is 0 Å². The van der Waals surface area contributed by atoms with Crippen LogP contribution < -0.4 is 24.3 Å². The Bertz CT molecular complexity index is 1530. The summed E-state index contributed by atoms with van der Waals surface area (Å²) in [6.07, 6.45) is 1.68. The lowest BCUT2D eigenvalue weighted by molar-refractivity contribution is 0.102. The number of aromatic nitrogens is 2. The van der Waals surface area contributed by atoms with Crippen LogP contribution in [-0.4, -0.2) is 37.2 Å². The fourth-order valence-electron chi connectivity index (χ4n) is 3.83. The first-order valence-corrected chi connectivity index (χ1v) is 10.8. The van der Waals surface area contributed by atoms with Gasteiger partial charge in [-0.1, -0.05) is 0 Å². The number of carbonyl (C=O) groups is 1. The average Bonchev–Trinajstić information content (AvgIpc) is 3.32. The Morgan fingerprint density at radius 1 is 0.800 bits per heavy atom. The number of ether oxygens (including phenoxy) is 4. The SMILES string of the molecule is COc1ccc(NC(=O)c2cc3cc(Oc4ccnc5cc(OC)c(OC)cc45)ccc3[nH]2)cc1. The van der Waals surface area contributed by atoms with Gasteiger partial charge in [0.1, 0.15) is 22.9 Å². The quantitative estimate of drug-likeness (QED) is 0.313. The lowest BCUT2D eigenvalue weighted by Crippen LogP contribution is -2.12. The number of pyridine rings is 1. The lowest BCUT2D eigenvalue weighted by Gasteiger charge is -2.12. The Hall–Kier alpha value is -4.72. The van der Waals surface area contributed by atoms with Gasteiger partial charge in [-0.3, -0.25) is 9.78 Å². The summed E-state index contributed by atoms with van der Waals surface area (Å²) in [6.45, 7) is 0. The molecular formula is C27H23N3O5. The zero-order valence-corrected chi connectivity index (χ0v) is 19.4. The molecule has 3 aromatic carbocycles. The summed E-state index contributed by atoms with van der Waals surface area (Å²) < 4.78 is 22.2. The van der Waals surface area contributed by atoms with Crippen LogP contribution in [0.3, 0.4) is 0 Å². The molecule has 0 unspecified atom stereocenters. The first-order chi connectivity index (χ1) is 17.1. The number of carbonyl (C=O) groups excluding carboxylic acids is 1. The van der Waals surface area contributed by atoms with E-state index in [1.165, 1.54) is 0 Å². The molecule has 0 aliphatic rings. The molecule has 35 heavy (non-hydrogen) atoms. The summed E-state index contributed by atoms with van der Waals surface area (Å²) in [5.74, 6) is 2.92. The fourth-order valence-corrected chi connectivity index (χ4v) is 3.83. The van der Waals surface area contributed by atoms with Crippen LogP contribution in [0.25, 0.3) is 21.8 Å². The molecule has 0 aliphatic heterocycles. The summed E-state index contributed by atoms with van der Waals surface area (Å²) in [5.41, 5.74) is 2.66. The molecule has 1 amide bonds. The molecule has 0 saturated carbocycles. The molecule has 8 nitrogen and oxygen atoms in total. The first-order valence-electron chi connectivity index (χ1n) is 10.8. The summed E-state index contributed by atoms with van der Waals surface area (Å²) in [6, 6.07) is 20.0. The molecule has 2 heterocycles. The van der Waals surface area contributed by atoms with Crippen LogP contribution in [0.2, 0.25) is 0 Å². The van der Waals surface area contributed by atoms with Gasteiger partial charge < -0.3 is 29.2 Å². The van der Waals surface area contributed by atoms with E-state index >= 15 is 0 Å². The van der Waals surface area contributed by atoms with Crippen LogP contribution in [0.4, 0.5) is 5.69 Å². The van der Waals surface area contributed by atoms with Crippen LogP contribution in [0.5, 0.6) is 28.7 Å². The number of nitrogens with zero attached hydrogens (tertiary/aromatic N) is 1. The van der Waals surface area contributed by atoms with Gasteiger partial charge in [-0.25, -0.2) is 0 Å². The van der Waals surface area contributed by atoms with Crippen molar-refractivity contribution >= 4 is 33.4 Å². The van der Waals surface area contributed by atoms with E-state index in [2.05, 4.69) is 15.3 Å². The molecule has 0 saturated heterocycles.